The first-order chi connectivity index (χ1) is 9.90. The predicted octanol–water partition coefficient (Wildman–Crippen LogP) is 3.41. The number of benzene rings is 1. The van der Waals surface area contributed by atoms with Gasteiger partial charge in [-0.1, -0.05) is 12.8 Å². The Kier molecular flexibility index (Phi) is 4.50. The van der Waals surface area contributed by atoms with Crippen LogP contribution < -0.4 is 5.32 Å². The Bertz CT molecular complexity index is 563. The van der Waals surface area contributed by atoms with Crippen molar-refractivity contribution in [2.45, 2.75) is 45.6 Å². The second kappa shape index (κ2) is 6.16. The topological polar surface area (TPSA) is 69.6 Å². The summed E-state index contributed by atoms with van der Waals surface area (Å²) in [5, 5.41) is 12.0. The number of urea groups is 1. The highest BCUT2D eigenvalue weighted by Gasteiger charge is 2.23. The lowest BCUT2D eigenvalue weighted by Gasteiger charge is -2.24. The maximum Gasteiger partial charge on any atom is 0.336 e. The van der Waals surface area contributed by atoms with Gasteiger partial charge in [0.1, 0.15) is 0 Å². The van der Waals surface area contributed by atoms with Crippen molar-refractivity contribution in [2.75, 3.05) is 12.4 Å². The zero-order valence-electron chi connectivity index (χ0n) is 12.8. The number of aryl methyl sites for hydroxylation is 1. The zero-order chi connectivity index (χ0) is 15.6. The first-order valence-electron chi connectivity index (χ1n) is 7.28. The molecule has 1 aromatic rings. The van der Waals surface area contributed by atoms with Crippen LogP contribution in [-0.4, -0.2) is 35.1 Å². The first kappa shape index (κ1) is 15.4. The van der Waals surface area contributed by atoms with Crippen LogP contribution in [0.25, 0.3) is 0 Å². The smallest absolute Gasteiger partial charge is 0.336 e. The highest BCUT2D eigenvalue weighted by Crippen LogP contribution is 2.24. The number of aromatic carboxylic acids is 1. The number of hydrogen-bond acceptors (Lipinski definition) is 2. The number of carbonyl (C=O) groups is 2. The number of anilines is 1. The molecule has 5 nitrogen and oxygen atoms in total. The Hall–Kier alpha value is -2.04. The van der Waals surface area contributed by atoms with E-state index >= 15 is 0 Å². The van der Waals surface area contributed by atoms with Crippen LogP contribution in [0, 0.1) is 13.8 Å². The molecule has 1 aliphatic rings. The zero-order valence-corrected chi connectivity index (χ0v) is 12.8. The summed E-state index contributed by atoms with van der Waals surface area (Å²) in [5.41, 5.74) is 2.34. The van der Waals surface area contributed by atoms with Gasteiger partial charge in [0.2, 0.25) is 0 Å². The van der Waals surface area contributed by atoms with Gasteiger partial charge in [-0.05, 0) is 49.9 Å². The third kappa shape index (κ3) is 3.35. The van der Waals surface area contributed by atoms with E-state index in [-0.39, 0.29) is 17.6 Å². The summed E-state index contributed by atoms with van der Waals surface area (Å²) >= 11 is 0. The van der Waals surface area contributed by atoms with Gasteiger partial charge >= 0.3 is 12.0 Å². The normalized spacial score (nSPS) is 15.0. The van der Waals surface area contributed by atoms with Gasteiger partial charge < -0.3 is 15.3 Å². The molecule has 2 amide bonds. The maximum atomic E-state index is 12.2. The number of nitrogens with zero attached hydrogens (tertiary/aromatic N) is 1. The lowest BCUT2D eigenvalue weighted by Crippen LogP contribution is -2.38. The molecule has 1 aliphatic carbocycles. The van der Waals surface area contributed by atoms with Gasteiger partial charge in [-0.2, -0.15) is 0 Å². The molecule has 0 radical (unpaired) electrons. The molecule has 2 rings (SSSR count). The minimum atomic E-state index is -0.976. The molecule has 0 atom stereocenters. The largest absolute Gasteiger partial charge is 0.478 e. The summed E-state index contributed by atoms with van der Waals surface area (Å²) in [7, 11) is 1.80. The van der Waals surface area contributed by atoms with Crippen LogP contribution in [-0.2, 0) is 0 Å². The Balaban J connectivity index is 2.15. The van der Waals surface area contributed by atoms with E-state index in [4.69, 9.17) is 0 Å². The van der Waals surface area contributed by atoms with E-state index in [1.165, 1.54) is 6.07 Å². The number of nitrogens with one attached hydrogen (secondary N) is 1. The van der Waals surface area contributed by atoms with Crippen LogP contribution in [0.5, 0.6) is 0 Å². The quantitative estimate of drug-likeness (QED) is 0.896. The highest BCUT2D eigenvalue weighted by atomic mass is 16.4. The molecule has 21 heavy (non-hydrogen) atoms. The van der Waals surface area contributed by atoms with E-state index in [0.29, 0.717) is 5.69 Å². The van der Waals surface area contributed by atoms with E-state index < -0.39 is 5.97 Å². The monoisotopic (exact) mass is 290 g/mol. The third-order valence-electron chi connectivity index (χ3n) is 4.34. The summed E-state index contributed by atoms with van der Waals surface area (Å²) in [4.78, 5) is 25.2. The molecule has 5 heteroatoms. The molecule has 0 bridgehead atoms. The molecule has 0 aromatic heterocycles. The van der Waals surface area contributed by atoms with Gasteiger partial charge in [0, 0.05) is 18.8 Å². The van der Waals surface area contributed by atoms with Crippen molar-refractivity contribution in [3.05, 3.63) is 28.8 Å². The fourth-order valence-corrected chi connectivity index (χ4v) is 2.82. The molecule has 0 heterocycles. The average molecular weight is 290 g/mol. The lowest BCUT2D eigenvalue weighted by atomic mass is 10.0. The van der Waals surface area contributed by atoms with E-state index in [1.54, 1.807) is 18.9 Å². The minimum Gasteiger partial charge on any atom is -0.478 e. The minimum absolute atomic E-state index is 0.179. The Morgan fingerprint density at radius 3 is 2.43 bits per heavy atom. The van der Waals surface area contributed by atoms with Crippen LogP contribution in [0.2, 0.25) is 0 Å². The Labute approximate surface area is 125 Å². The van der Waals surface area contributed by atoms with Crippen LogP contribution in [0.4, 0.5) is 10.5 Å². The second-order valence-electron chi connectivity index (χ2n) is 5.75. The van der Waals surface area contributed by atoms with Crippen LogP contribution in [0.15, 0.2) is 12.1 Å². The van der Waals surface area contributed by atoms with Crippen molar-refractivity contribution < 1.29 is 14.7 Å². The summed E-state index contributed by atoms with van der Waals surface area (Å²) in [5.74, 6) is -0.976. The number of carboxylic acid groups (broad SMARTS) is 1. The van der Waals surface area contributed by atoms with Crippen molar-refractivity contribution in [1.82, 2.24) is 4.90 Å². The Morgan fingerprint density at radius 1 is 1.24 bits per heavy atom. The molecular formula is C16H22N2O3. The van der Waals surface area contributed by atoms with Crippen molar-refractivity contribution >= 4 is 17.7 Å². The van der Waals surface area contributed by atoms with Crippen molar-refractivity contribution in [3.63, 3.8) is 0 Å². The molecule has 1 fully saturated rings. The second-order valence-corrected chi connectivity index (χ2v) is 5.75. The molecule has 1 aromatic carbocycles. The molecule has 0 unspecified atom stereocenters. The Morgan fingerprint density at radius 2 is 1.86 bits per heavy atom. The maximum absolute atomic E-state index is 12.2. The fourth-order valence-electron chi connectivity index (χ4n) is 2.82. The molecular weight excluding hydrogens is 268 g/mol. The molecule has 1 saturated carbocycles. The predicted molar refractivity (Wildman–Crippen MR) is 81.9 cm³/mol. The van der Waals surface area contributed by atoms with Gasteiger partial charge in [-0.3, -0.25) is 0 Å². The van der Waals surface area contributed by atoms with Crippen molar-refractivity contribution in [1.29, 1.82) is 0 Å². The molecule has 2 N–H and O–H groups in total. The number of carbonyl (C=O) groups excluding carboxylic acids is 1. The van der Waals surface area contributed by atoms with Crippen LogP contribution in [0.3, 0.4) is 0 Å². The molecule has 0 aliphatic heterocycles. The number of rotatable bonds is 3. The lowest BCUT2D eigenvalue weighted by molar-refractivity contribution is 0.0696. The van der Waals surface area contributed by atoms with Gasteiger partial charge in [-0.25, -0.2) is 9.59 Å². The molecule has 0 spiro atoms. The van der Waals surface area contributed by atoms with E-state index in [2.05, 4.69) is 5.32 Å². The third-order valence-corrected chi connectivity index (χ3v) is 4.34. The fraction of sp³-hybridized carbons (Fsp3) is 0.500. The summed E-state index contributed by atoms with van der Waals surface area (Å²) in [6, 6.07) is 3.43. The summed E-state index contributed by atoms with van der Waals surface area (Å²) < 4.78 is 0. The highest BCUT2D eigenvalue weighted by molar-refractivity contribution is 5.94. The SMILES string of the molecule is Cc1cc(NC(=O)N(C)C2CCCC2)cc(C(=O)O)c1C. The van der Waals surface area contributed by atoms with Crippen molar-refractivity contribution in [3.8, 4) is 0 Å². The van der Waals surface area contributed by atoms with Gasteiger partial charge in [0.25, 0.3) is 0 Å². The number of hydrogen-bond donors (Lipinski definition) is 2. The van der Waals surface area contributed by atoms with E-state index in [1.807, 2.05) is 13.0 Å². The summed E-state index contributed by atoms with van der Waals surface area (Å²) in [6.07, 6.45) is 4.40. The van der Waals surface area contributed by atoms with E-state index in [0.717, 1.165) is 36.8 Å². The van der Waals surface area contributed by atoms with Crippen molar-refractivity contribution in [2.24, 2.45) is 0 Å². The van der Waals surface area contributed by atoms with Gasteiger partial charge in [-0.15, -0.1) is 0 Å². The standard InChI is InChI=1S/C16H22N2O3/c1-10-8-12(9-14(11(10)2)15(19)20)17-16(21)18(3)13-6-4-5-7-13/h8-9,13H,4-7H2,1-3H3,(H,17,21)(H,19,20). The number of amides is 2. The molecule has 0 saturated heterocycles. The van der Waals surface area contributed by atoms with E-state index in [9.17, 15) is 14.7 Å². The summed E-state index contributed by atoms with van der Waals surface area (Å²) in [6.45, 7) is 3.62. The average Bonchev–Trinajstić information content (AvgIpc) is 2.95. The molecule has 114 valence electrons. The first-order valence-corrected chi connectivity index (χ1v) is 7.28. The number of carboxylic acids is 1. The van der Waals surface area contributed by atoms with Crippen LogP contribution in [0.1, 0.15) is 47.2 Å². The van der Waals surface area contributed by atoms with Gasteiger partial charge in [0.15, 0.2) is 0 Å². The van der Waals surface area contributed by atoms with Gasteiger partial charge in [0.05, 0.1) is 5.56 Å². The van der Waals surface area contributed by atoms with Crippen LogP contribution >= 0.6 is 0 Å².